The molecule has 7 nitrogen and oxygen atoms in total. The van der Waals surface area contributed by atoms with E-state index >= 15 is 0 Å². The van der Waals surface area contributed by atoms with Gasteiger partial charge in [-0.2, -0.15) is 13.2 Å². The second-order valence-corrected chi connectivity index (χ2v) is 7.84. The lowest BCUT2D eigenvalue weighted by Crippen LogP contribution is -2.25. The molecule has 1 aliphatic heterocycles. The summed E-state index contributed by atoms with van der Waals surface area (Å²) in [7, 11) is -4.28. The van der Waals surface area contributed by atoms with Gasteiger partial charge in [0.15, 0.2) is 6.61 Å². The first-order chi connectivity index (χ1) is 13.6. The second kappa shape index (κ2) is 7.82. The fourth-order valence-electron chi connectivity index (χ4n) is 2.56. The largest absolute Gasteiger partial charge is 0.491 e. The zero-order valence-electron chi connectivity index (χ0n) is 15.2. The highest BCUT2D eigenvalue weighted by molar-refractivity contribution is 7.92. The molecule has 0 saturated heterocycles. The SMILES string of the molecule is CCCOc1ccc(C(F)(F)F)cc1NS(=O)(=O)c1ccc2c(c1)NC(=O)CO2. The molecule has 2 N–H and O–H groups in total. The summed E-state index contributed by atoms with van der Waals surface area (Å²) in [5.41, 5.74) is -1.22. The lowest BCUT2D eigenvalue weighted by atomic mass is 10.2. The lowest BCUT2D eigenvalue weighted by molar-refractivity contribution is -0.137. The summed E-state index contributed by atoms with van der Waals surface area (Å²) in [6.07, 6.45) is -4.07. The van der Waals surface area contributed by atoms with E-state index in [9.17, 15) is 26.4 Å². The third-order valence-corrected chi connectivity index (χ3v) is 5.27. The van der Waals surface area contributed by atoms with E-state index in [1.165, 1.54) is 12.1 Å². The number of rotatable bonds is 6. The molecule has 0 bridgehead atoms. The van der Waals surface area contributed by atoms with Gasteiger partial charge in [-0.05, 0) is 42.8 Å². The first kappa shape index (κ1) is 20.8. The number of benzene rings is 2. The zero-order chi connectivity index (χ0) is 21.2. The predicted octanol–water partition coefficient (Wildman–Crippen LogP) is 3.63. The van der Waals surface area contributed by atoms with Gasteiger partial charge in [0.1, 0.15) is 11.5 Å². The number of amides is 1. The van der Waals surface area contributed by atoms with Crippen LogP contribution in [0.25, 0.3) is 0 Å². The Morgan fingerprint density at radius 2 is 1.97 bits per heavy atom. The molecule has 2 aromatic rings. The molecule has 1 amide bonds. The van der Waals surface area contributed by atoms with Gasteiger partial charge < -0.3 is 14.8 Å². The Morgan fingerprint density at radius 3 is 2.66 bits per heavy atom. The van der Waals surface area contributed by atoms with Crippen LogP contribution >= 0.6 is 0 Å². The van der Waals surface area contributed by atoms with Crippen LogP contribution in [0.15, 0.2) is 41.3 Å². The van der Waals surface area contributed by atoms with E-state index in [2.05, 4.69) is 10.0 Å². The highest BCUT2D eigenvalue weighted by Crippen LogP contribution is 2.37. The van der Waals surface area contributed by atoms with Crippen LogP contribution in [0.5, 0.6) is 11.5 Å². The van der Waals surface area contributed by atoms with Crippen molar-refractivity contribution in [3.8, 4) is 11.5 Å². The number of ether oxygens (including phenoxy) is 2. The molecule has 0 radical (unpaired) electrons. The van der Waals surface area contributed by atoms with E-state index in [4.69, 9.17) is 9.47 Å². The normalized spacial score (nSPS) is 13.9. The Labute approximate surface area is 164 Å². The summed E-state index contributed by atoms with van der Waals surface area (Å²) < 4.78 is 77.4. The van der Waals surface area contributed by atoms with Crippen LogP contribution in [0.4, 0.5) is 24.5 Å². The minimum atomic E-state index is -4.66. The molecule has 156 valence electrons. The summed E-state index contributed by atoms with van der Waals surface area (Å²) in [5.74, 6) is -0.194. The van der Waals surface area contributed by atoms with Gasteiger partial charge in [0.25, 0.3) is 15.9 Å². The minimum Gasteiger partial charge on any atom is -0.491 e. The quantitative estimate of drug-likeness (QED) is 0.730. The van der Waals surface area contributed by atoms with Crippen LogP contribution in [0.2, 0.25) is 0 Å². The van der Waals surface area contributed by atoms with Crippen LogP contribution < -0.4 is 19.5 Å². The summed E-state index contributed by atoms with van der Waals surface area (Å²) >= 11 is 0. The van der Waals surface area contributed by atoms with Gasteiger partial charge in [-0.25, -0.2) is 8.42 Å². The highest BCUT2D eigenvalue weighted by atomic mass is 32.2. The summed E-state index contributed by atoms with van der Waals surface area (Å²) in [4.78, 5) is 11.2. The maximum absolute atomic E-state index is 13.1. The third kappa shape index (κ3) is 4.73. The van der Waals surface area contributed by atoms with Crippen molar-refractivity contribution in [3.63, 3.8) is 0 Å². The van der Waals surface area contributed by atoms with E-state index in [1.807, 2.05) is 0 Å². The van der Waals surface area contributed by atoms with Crippen LogP contribution in [0.3, 0.4) is 0 Å². The molecule has 11 heteroatoms. The van der Waals surface area contributed by atoms with E-state index < -0.39 is 27.7 Å². The second-order valence-electron chi connectivity index (χ2n) is 6.16. The maximum atomic E-state index is 13.1. The molecule has 29 heavy (non-hydrogen) atoms. The van der Waals surface area contributed by atoms with Gasteiger partial charge >= 0.3 is 6.18 Å². The molecule has 3 rings (SSSR count). The van der Waals surface area contributed by atoms with Crippen LogP contribution in [-0.2, 0) is 21.0 Å². The summed E-state index contributed by atoms with van der Waals surface area (Å²) in [5, 5.41) is 2.47. The van der Waals surface area contributed by atoms with Crippen molar-refractivity contribution < 1.29 is 35.9 Å². The summed E-state index contributed by atoms with van der Waals surface area (Å²) in [6.45, 7) is 1.80. The molecule has 0 unspecified atom stereocenters. The Hall–Kier alpha value is -2.95. The maximum Gasteiger partial charge on any atom is 0.416 e. The van der Waals surface area contributed by atoms with Gasteiger partial charge in [-0.15, -0.1) is 0 Å². The number of sulfonamides is 1. The number of carbonyl (C=O) groups is 1. The minimum absolute atomic E-state index is 0.0296. The molecular weight excluding hydrogens is 413 g/mol. The fraction of sp³-hybridized carbons (Fsp3) is 0.278. The Balaban J connectivity index is 1.97. The van der Waals surface area contributed by atoms with Gasteiger partial charge in [-0.3, -0.25) is 9.52 Å². The number of nitrogens with one attached hydrogen (secondary N) is 2. The molecule has 2 aromatic carbocycles. The topological polar surface area (TPSA) is 93.7 Å². The van der Waals surface area contributed by atoms with E-state index in [0.29, 0.717) is 12.5 Å². The van der Waals surface area contributed by atoms with Crippen molar-refractivity contribution in [1.29, 1.82) is 0 Å². The van der Waals surface area contributed by atoms with E-state index in [1.54, 1.807) is 6.92 Å². The van der Waals surface area contributed by atoms with Gasteiger partial charge in [0.2, 0.25) is 0 Å². The molecule has 0 atom stereocenters. The Morgan fingerprint density at radius 1 is 1.21 bits per heavy atom. The number of alkyl halides is 3. The first-order valence-electron chi connectivity index (χ1n) is 8.53. The number of carbonyl (C=O) groups excluding carboxylic acids is 1. The number of anilines is 2. The van der Waals surface area contributed by atoms with Crippen LogP contribution in [0.1, 0.15) is 18.9 Å². The smallest absolute Gasteiger partial charge is 0.416 e. The molecule has 0 aliphatic carbocycles. The molecule has 0 saturated carbocycles. The van der Waals surface area contributed by atoms with Crippen LogP contribution in [0, 0.1) is 0 Å². The molecule has 0 spiro atoms. The average Bonchev–Trinajstić information content (AvgIpc) is 2.65. The number of hydrogen-bond donors (Lipinski definition) is 2. The van der Waals surface area contributed by atoms with Crippen molar-refractivity contribution in [2.75, 3.05) is 23.3 Å². The van der Waals surface area contributed by atoms with E-state index in [0.717, 1.165) is 18.2 Å². The number of halogens is 3. The fourth-order valence-corrected chi connectivity index (χ4v) is 3.64. The number of fused-ring (bicyclic) bond motifs is 1. The van der Waals surface area contributed by atoms with Gasteiger partial charge in [0, 0.05) is 0 Å². The Bertz CT molecular complexity index is 1040. The van der Waals surface area contributed by atoms with Crippen LogP contribution in [-0.4, -0.2) is 27.5 Å². The number of hydrogen-bond acceptors (Lipinski definition) is 5. The van der Waals surface area contributed by atoms with Crippen molar-refractivity contribution in [1.82, 2.24) is 0 Å². The van der Waals surface area contributed by atoms with Gasteiger partial charge in [0.05, 0.1) is 28.4 Å². The average molecular weight is 430 g/mol. The Kier molecular flexibility index (Phi) is 5.60. The molecule has 1 aliphatic rings. The molecule has 0 aromatic heterocycles. The first-order valence-corrected chi connectivity index (χ1v) is 10.0. The molecule has 1 heterocycles. The monoisotopic (exact) mass is 430 g/mol. The molecule has 0 fully saturated rings. The lowest BCUT2D eigenvalue weighted by Gasteiger charge is -2.19. The van der Waals surface area contributed by atoms with E-state index in [-0.39, 0.29) is 41.0 Å². The van der Waals surface area contributed by atoms with Crippen molar-refractivity contribution in [3.05, 3.63) is 42.0 Å². The third-order valence-electron chi connectivity index (χ3n) is 3.91. The summed E-state index contributed by atoms with van der Waals surface area (Å²) in [6, 6.07) is 6.29. The van der Waals surface area contributed by atoms with Crippen molar-refractivity contribution in [2.24, 2.45) is 0 Å². The highest BCUT2D eigenvalue weighted by Gasteiger charge is 2.32. The molecular formula is C18H17F3N2O5S. The zero-order valence-corrected chi connectivity index (χ0v) is 16.0. The predicted molar refractivity (Wildman–Crippen MR) is 98.6 cm³/mol. The standard InChI is InChI=1S/C18H17F3N2O5S/c1-2-7-27-16-5-3-11(18(19,20)21)8-14(16)23-29(25,26)12-4-6-15-13(9-12)22-17(24)10-28-15/h3-6,8-9,23H,2,7,10H2,1H3,(H,22,24). The van der Waals surface area contributed by atoms with Crippen molar-refractivity contribution in [2.45, 2.75) is 24.4 Å². The van der Waals surface area contributed by atoms with Gasteiger partial charge in [-0.1, -0.05) is 6.92 Å². The van der Waals surface area contributed by atoms with Crippen molar-refractivity contribution >= 4 is 27.3 Å².